The molecule has 0 fully saturated rings. The Morgan fingerprint density at radius 1 is 1.23 bits per heavy atom. The summed E-state index contributed by atoms with van der Waals surface area (Å²) >= 11 is 0. The van der Waals surface area contributed by atoms with Crippen LogP contribution in [0.4, 0.5) is 11.4 Å². The summed E-state index contributed by atoms with van der Waals surface area (Å²) in [5.41, 5.74) is 1.98. The predicted octanol–water partition coefficient (Wildman–Crippen LogP) is 2.31. The Morgan fingerprint density at radius 2 is 2.00 bits per heavy atom. The summed E-state index contributed by atoms with van der Waals surface area (Å²) in [7, 11) is 0. The number of hydrogen-bond donors (Lipinski definition) is 2. The van der Waals surface area contributed by atoms with Crippen molar-refractivity contribution in [3.63, 3.8) is 0 Å². The molecule has 2 aromatic carbocycles. The van der Waals surface area contributed by atoms with Crippen LogP contribution < -0.4 is 15.0 Å². The number of aryl methyl sites for hydroxylation is 1. The molecule has 1 heterocycles. The van der Waals surface area contributed by atoms with Crippen LogP contribution in [0.2, 0.25) is 0 Å². The summed E-state index contributed by atoms with van der Waals surface area (Å²) in [6.07, 6.45) is 0.762. The number of hydrogen-bond acceptors (Lipinski definition) is 4. The van der Waals surface area contributed by atoms with Gasteiger partial charge in [0.15, 0.2) is 6.61 Å². The van der Waals surface area contributed by atoms with Crippen molar-refractivity contribution in [1.29, 1.82) is 0 Å². The highest BCUT2D eigenvalue weighted by Crippen LogP contribution is 2.33. The number of carbonyl (C=O) groups excluding carboxylic acids is 2. The number of nitrogens with zero attached hydrogens (tertiary/aromatic N) is 1. The minimum absolute atomic E-state index is 0.0174. The molecular formula is C19H18N2O5. The fourth-order valence-electron chi connectivity index (χ4n) is 2.79. The first-order chi connectivity index (χ1) is 12.5. The van der Waals surface area contributed by atoms with Crippen molar-refractivity contribution in [1.82, 2.24) is 0 Å². The van der Waals surface area contributed by atoms with E-state index in [1.807, 2.05) is 25.1 Å². The predicted molar refractivity (Wildman–Crippen MR) is 95.7 cm³/mol. The van der Waals surface area contributed by atoms with Gasteiger partial charge in [0.2, 0.25) is 5.91 Å². The lowest BCUT2D eigenvalue weighted by Gasteiger charge is -2.29. The summed E-state index contributed by atoms with van der Waals surface area (Å²) in [5.74, 6) is -1.52. The lowest BCUT2D eigenvalue weighted by Crippen LogP contribution is -2.43. The number of amides is 2. The first-order valence-electron chi connectivity index (χ1n) is 8.18. The monoisotopic (exact) mass is 354 g/mol. The van der Waals surface area contributed by atoms with Crippen LogP contribution in [-0.2, 0) is 16.0 Å². The first-order valence-corrected chi connectivity index (χ1v) is 8.18. The number of rotatable bonds is 5. The second-order valence-corrected chi connectivity index (χ2v) is 5.82. The minimum atomic E-state index is -1.12. The summed E-state index contributed by atoms with van der Waals surface area (Å²) in [5, 5.41) is 12.0. The normalized spacial score (nSPS) is 13.0. The number of carboxylic acids is 1. The van der Waals surface area contributed by atoms with Crippen LogP contribution in [0.15, 0.2) is 42.5 Å². The third-order valence-corrected chi connectivity index (χ3v) is 4.12. The molecule has 2 N–H and O–H groups in total. The van der Waals surface area contributed by atoms with E-state index < -0.39 is 11.9 Å². The second-order valence-electron chi connectivity index (χ2n) is 5.82. The Labute approximate surface area is 150 Å². The van der Waals surface area contributed by atoms with E-state index in [2.05, 4.69) is 5.32 Å². The second kappa shape index (κ2) is 7.26. The number of carboxylic acid groups (broad SMARTS) is 1. The number of carbonyl (C=O) groups is 3. The molecule has 1 aliphatic heterocycles. The van der Waals surface area contributed by atoms with Crippen molar-refractivity contribution in [2.45, 2.75) is 13.3 Å². The van der Waals surface area contributed by atoms with E-state index in [9.17, 15) is 14.4 Å². The van der Waals surface area contributed by atoms with Crippen molar-refractivity contribution in [3.8, 4) is 5.75 Å². The number of anilines is 2. The van der Waals surface area contributed by atoms with Gasteiger partial charge in [-0.3, -0.25) is 14.5 Å². The van der Waals surface area contributed by atoms with Gasteiger partial charge in [-0.25, -0.2) is 4.79 Å². The largest absolute Gasteiger partial charge is 0.482 e. The first kappa shape index (κ1) is 17.5. The smallest absolute Gasteiger partial charge is 0.335 e. The maximum atomic E-state index is 12.5. The van der Waals surface area contributed by atoms with Crippen LogP contribution >= 0.6 is 0 Å². The van der Waals surface area contributed by atoms with Gasteiger partial charge in [0.25, 0.3) is 5.91 Å². The highest BCUT2D eigenvalue weighted by molar-refractivity contribution is 6.06. The zero-order valence-electron chi connectivity index (χ0n) is 14.2. The Hall–Kier alpha value is -3.35. The Morgan fingerprint density at radius 3 is 2.73 bits per heavy atom. The third-order valence-electron chi connectivity index (χ3n) is 4.12. The van der Waals surface area contributed by atoms with Gasteiger partial charge in [-0.15, -0.1) is 0 Å². The number of nitrogens with one attached hydrogen (secondary N) is 1. The quantitative estimate of drug-likeness (QED) is 0.859. The molecular weight excluding hydrogens is 336 g/mol. The molecule has 0 unspecified atom stereocenters. The van der Waals surface area contributed by atoms with E-state index in [1.54, 1.807) is 6.07 Å². The maximum Gasteiger partial charge on any atom is 0.335 e. The number of aromatic carboxylic acids is 1. The Balaban J connectivity index is 1.83. The van der Waals surface area contributed by atoms with E-state index in [-0.39, 0.29) is 30.3 Å². The minimum Gasteiger partial charge on any atom is -0.482 e. The van der Waals surface area contributed by atoms with E-state index in [0.717, 1.165) is 12.0 Å². The summed E-state index contributed by atoms with van der Waals surface area (Å²) in [4.78, 5) is 37.1. The van der Waals surface area contributed by atoms with Crippen LogP contribution in [0, 0.1) is 0 Å². The van der Waals surface area contributed by atoms with Gasteiger partial charge < -0.3 is 15.2 Å². The van der Waals surface area contributed by atoms with Crippen LogP contribution in [0.1, 0.15) is 22.8 Å². The van der Waals surface area contributed by atoms with Crippen LogP contribution in [0.3, 0.4) is 0 Å². The Kier molecular flexibility index (Phi) is 4.88. The van der Waals surface area contributed by atoms with Gasteiger partial charge in [-0.1, -0.05) is 25.1 Å². The van der Waals surface area contributed by atoms with Gasteiger partial charge in [-0.05, 0) is 36.2 Å². The summed E-state index contributed by atoms with van der Waals surface area (Å²) < 4.78 is 5.32. The molecule has 1 aliphatic rings. The van der Waals surface area contributed by atoms with Gasteiger partial charge in [-0.2, -0.15) is 0 Å². The molecule has 0 spiro atoms. The average Bonchev–Trinajstić information content (AvgIpc) is 2.64. The molecule has 0 saturated carbocycles. The lowest BCUT2D eigenvalue weighted by atomic mass is 10.1. The summed E-state index contributed by atoms with van der Waals surface area (Å²) in [6, 6.07) is 11.7. The Bertz CT molecular complexity index is 878. The summed E-state index contributed by atoms with van der Waals surface area (Å²) in [6.45, 7) is 1.56. The van der Waals surface area contributed by atoms with Gasteiger partial charge >= 0.3 is 5.97 Å². The molecule has 26 heavy (non-hydrogen) atoms. The number of fused-ring (bicyclic) bond motifs is 1. The van der Waals surface area contributed by atoms with Gasteiger partial charge in [0.1, 0.15) is 12.3 Å². The van der Waals surface area contributed by atoms with Crippen LogP contribution in [0.5, 0.6) is 5.75 Å². The van der Waals surface area contributed by atoms with Crippen LogP contribution in [0.25, 0.3) is 0 Å². The molecule has 7 heteroatoms. The van der Waals surface area contributed by atoms with Gasteiger partial charge in [0, 0.05) is 5.69 Å². The highest BCUT2D eigenvalue weighted by Gasteiger charge is 2.28. The molecule has 3 rings (SSSR count). The molecule has 0 atom stereocenters. The molecule has 134 valence electrons. The fraction of sp³-hybridized carbons (Fsp3) is 0.211. The molecule has 0 bridgehead atoms. The van der Waals surface area contributed by atoms with E-state index in [1.165, 1.54) is 23.1 Å². The molecule has 0 aromatic heterocycles. The number of ether oxygens (including phenoxy) is 1. The highest BCUT2D eigenvalue weighted by atomic mass is 16.5. The van der Waals surface area contributed by atoms with Crippen molar-refractivity contribution in [2.24, 2.45) is 0 Å². The molecule has 2 aromatic rings. The van der Waals surface area contributed by atoms with E-state index >= 15 is 0 Å². The number of benzene rings is 2. The van der Waals surface area contributed by atoms with Crippen molar-refractivity contribution >= 4 is 29.2 Å². The molecule has 7 nitrogen and oxygen atoms in total. The van der Waals surface area contributed by atoms with Crippen molar-refractivity contribution < 1.29 is 24.2 Å². The zero-order chi connectivity index (χ0) is 18.7. The maximum absolute atomic E-state index is 12.5. The van der Waals surface area contributed by atoms with E-state index in [0.29, 0.717) is 11.4 Å². The molecule has 0 saturated heterocycles. The molecule has 0 radical (unpaired) electrons. The SMILES string of the molecule is CCc1ccccc1NC(=O)CN1C(=O)COc2ccc(C(=O)O)cc21. The zero-order valence-corrected chi connectivity index (χ0v) is 14.2. The topological polar surface area (TPSA) is 95.9 Å². The van der Waals surface area contributed by atoms with E-state index in [4.69, 9.17) is 9.84 Å². The standard InChI is InChI=1S/C19H18N2O5/c1-2-12-5-3-4-6-14(12)20-17(22)10-21-15-9-13(19(24)25)7-8-16(15)26-11-18(21)23/h3-9H,2,10-11H2,1H3,(H,20,22)(H,24,25). The molecule has 2 amide bonds. The fourth-order valence-corrected chi connectivity index (χ4v) is 2.79. The third kappa shape index (κ3) is 3.51. The number of para-hydroxylation sites is 1. The molecule has 0 aliphatic carbocycles. The van der Waals surface area contributed by atoms with Crippen LogP contribution in [-0.4, -0.2) is 36.0 Å². The van der Waals surface area contributed by atoms with Gasteiger partial charge in [0.05, 0.1) is 11.3 Å². The van der Waals surface area contributed by atoms with Crippen molar-refractivity contribution in [3.05, 3.63) is 53.6 Å². The van der Waals surface area contributed by atoms with Crippen molar-refractivity contribution in [2.75, 3.05) is 23.4 Å². The average molecular weight is 354 g/mol. The lowest BCUT2D eigenvalue weighted by molar-refractivity contribution is -0.123.